The van der Waals surface area contributed by atoms with Crippen LogP contribution in [0.3, 0.4) is 0 Å². The normalized spacial score (nSPS) is 22.2. The topological polar surface area (TPSA) is 88.7 Å². The van der Waals surface area contributed by atoms with Crippen LogP contribution < -0.4 is 5.43 Å². The van der Waals surface area contributed by atoms with Gasteiger partial charge in [0.2, 0.25) is 11.2 Å². The Hall–Kier alpha value is -2.36. The number of rotatable bonds is 6. The van der Waals surface area contributed by atoms with E-state index in [1.807, 2.05) is 0 Å². The van der Waals surface area contributed by atoms with Gasteiger partial charge in [0.1, 0.15) is 5.82 Å². The van der Waals surface area contributed by atoms with E-state index >= 15 is 4.39 Å². The van der Waals surface area contributed by atoms with Crippen LogP contribution in [0.1, 0.15) is 66.4 Å². The van der Waals surface area contributed by atoms with E-state index in [0.717, 1.165) is 58.2 Å². The number of carbonyl (C=O) groups is 1. The molecule has 3 fully saturated rings. The second-order valence-corrected chi connectivity index (χ2v) is 9.70. The average molecular weight is 477 g/mol. The maximum Gasteiger partial charge on any atom is 0.266 e. The molecule has 0 spiro atoms. The van der Waals surface area contributed by atoms with Gasteiger partial charge in [-0.25, -0.2) is 14.4 Å². The van der Waals surface area contributed by atoms with Crippen molar-refractivity contribution < 1.29 is 14.1 Å². The molecule has 33 heavy (non-hydrogen) atoms. The number of halogens is 2. The zero-order valence-corrected chi connectivity index (χ0v) is 19.0. The Morgan fingerprint density at radius 1 is 1.15 bits per heavy atom. The van der Waals surface area contributed by atoms with Crippen molar-refractivity contribution in [3.8, 4) is 0 Å². The molecule has 0 bridgehead atoms. The van der Waals surface area contributed by atoms with E-state index in [0.29, 0.717) is 17.6 Å². The predicted molar refractivity (Wildman–Crippen MR) is 122 cm³/mol. The van der Waals surface area contributed by atoms with Gasteiger partial charge in [0.25, 0.3) is 6.54 Å². The summed E-state index contributed by atoms with van der Waals surface area (Å²) < 4.78 is 17.2. The lowest BCUT2D eigenvalue weighted by atomic mass is 9.89. The Labute approximate surface area is 195 Å². The van der Waals surface area contributed by atoms with Crippen molar-refractivity contribution in [3.05, 3.63) is 54.6 Å². The fraction of sp³-hybridized carbons (Fsp3) is 0.565. The molecule has 1 aromatic carbocycles. The standard InChI is InChI=1S/C23H26ClFN4O4/c24-21-20(14-4-3-9-27(11-14)26-7-1-2-8-26)18(25)10-16-22(21)28(15-5-6-15)12-17(23(16)31)19(30)13-29(32)33/h10,12,14-15H,1-9,11,13H2. The molecule has 2 aliphatic heterocycles. The van der Waals surface area contributed by atoms with Gasteiger partial charge in [-0.15, -0.1) is 0 Å². The minimum absolute atomic E-state index is 0.00885. The number of aromatic nitrogens is 1. The molecule has 1 aromatic heterocycles. The summed E-state index contributed by atoms with van der Waals surface area (Å²) in [5.41, 5.74) is -0.140. The van der Waals surface area contributed by atoms with Gasteiger partial charge in [0, 0.05) is 54.8 Å². The van der Waals surface area contributed by atoms with Crippen molar-refractivity contribution in [2.75, 3.05) is 32.7 Å². The van der Waals surface area contributed by atoms with E-state index in [2.05, 4.69) is 10.0 Å². The molecule has 0 radical (unpaired) electrons. The predicted octanol–water partition coefficient (Wildman–Crippen LogP) is 3.78. The molecule has 3 aliphatic rings. The van der Waals surface area contributed by atoms with Crippen LogP contribution in [-0.4, -0.2) is 58.0 Å². The molecule has 10 heteroatoms. The number of Topliss-reactive ketones (excluding diaryl/α,β-unsaturated/α-hetero) is 1. The van der Waals surface area contributed by atoms with Crippen LogP contribution in [0, 0.1) is 15.9 Å². The SMILES string of the molecule is O=C(C[N+](=O)[O-])c1cn(C2CC2)c2c(Cl)c(C3CCCN(N4CCCC4)C3)c(F)cc2c1=O. The molecule has 3 heterocycles. The third kappa shape index (κ3) is 4.18. The number of benzene rings is 1. The van der Waals surface area contributed by atoms with Gasteiger partial charge >= 0.3 is 0 Å². The molecule has 0 N–H and O–H groups in total. The highest BCUT2D eigenvalue weighted by atomic mass is 35.5. The van der Waals surface area contributed by atoms with E-state index in [1.165, 1.54) is 12.3 Å². The lowest BCUT2D eigenvalue weighted by molar-refractivity contribution is -0.465. The van der Waals surface area contributed by atoms with Crippen LogP contribution in [-0.2, 0) is 0 Å². The largest absolute Gasteiger partial charge is 0.342 e. The first-order valence-electron chi connectivity index (χ1n) is 11.6. The van der Waals surface area contributed by atoms with E-state index in [9.17, 15) is 19.7 Å². The lowest BCUT2D eigenvalue weighted by Gasteiger charge is -2.39. The van der Waals surface area contributed by atoms with Crippen molar-refractivity contribution in [2.24, 2.45) is 0 Å². The summed E-state index contributed by atoms with van der Waals surface area (Å²) in [6, 6.07) is 1.22. The summed E-state index contributed by atoms with van der Waals surface area (Å²) in [6.45, 7) is 2.67. The molecule has 2 saturated heterocycles. The first kappa shape index (κ1) is 22.4. The van der Waals surface area contributed by atoms with Gasteiger partial charge in [-0.2, -0.15) is 0 Å². The van der Waals surface area contributed by atoms with Crippen LogP contribution in [0.5, 0.6) is 0 Å². The molecule has 1 unspecified atom stereocenters. The molecular weight excluding hydrogens is 451 g/mol. The third-order valence-corrected chi connectivity index (χ3v) is 7.43. The monoisotopic (exact) mass is 476 g/mol. The molecule has 1 saturated carbocycles. The molecule has 1 aliphatic carbocycles. The fourth-order valence-corrected chi connectivity index (χ4v) is 5.75. The number of hydrazine groups is 1. The highest BCUT2D eigenvalue weighted by Gasteiger charge is 2.34. The Balaban J connectivity index is 1.60. The number of nitrogens with zero attached hydrogens (tertiary/aromatic N) is 4. The highest BCUT2D eigenvalue weighted by Crippen LogP contribution is 2.42. The van der Waals surface area contributed by atoms with Gasteiger partial charge in [-0.3, -0.25) is 19.7 Å². The van der Waals surface area contributed by atoms with Crippen molar-refractivity contribution in [1.29, 1.82) is 0 Å². The first-order valence-corrected chi connectivity index (χ1v) is 11.9. The lowest BCUT2D eigenvalue weighted by Crippen LogP contribution is -2.46. The average Bonchev–Trinajstić information content (AvgIpc) is 3.47. The summed E-state index contributed by atoms with van der Waals surface area (Å²) in [5.74, 6) is -1.54. The summed E-state index contributed by atoms with van der Waals surface area (Å²) in [4.78, 5) is 35.5. The zero-order valence-electron chi connectivity index (χ0n) is 18.3. The molecule has 176 valence electrons. The van der Waals surface area contributed by atoms with Crippen molar-refractivity contribution in [3.63, 3.8) is 0 Å². The van der Waals surface area contributed by atoms with Gasteiger partial charge in [-0.05, 0) is 44.6 Å². The Morgan fingerprint density at radius 3 is 2.52 bits per heavy atom. The third-order valence-electron chi connectivity index (χ3n) is 7.05. The number of pyridine rings is 1. The maximum absolute atomic E-state index is 15.5. The fourth-order valence-electron chi connectivity index (χ4n) is 5.31. The van der Waals surface area contributed by atoms with E-state index in [-0.39, 0.29) is 27.9 Å². The van der Waals surface area contributed by atoms with Crippen LogP contribution in [0.4, 0.5) is 4.39 Å². The second-order valence-electron chi connectivity index (χ2n) is 9.32. The minimum atomic E-state index is -0.978. The molecule has 0 amide bonds. The van der Waals surface area contributed by atoms with E-state index in [4.69, 9.17) is 11.6 Å². The number of nitro groups is 1. The molecule has 5 rings (SSSR count). The number of fused-ring (bicyclic) bond motifs is 1. The number of piperidine rings is 1. The summed E-state index contributed by atoms with van der Waals surface area (Å²) in [5, 5.41) is 15.7. The Morgan fingerprint density at radius 2 is 1.85 bits per heavy atom. The van der Waals surface area contributed by atoms with Crippen LogP contribution >= 0.6 is 11.6 Å². The first-order chi connectivity index (χ1) is 15.8. The maximum atomic E-state index is 15.5. The molecule has 2 aromatic rings. The summed E-state index contributed by atoms with van der Waals surface area (Å²) in [6.07, 6.45) is 7.14. The van der Waals surface area contributed by atoms with Gasteiger partial charge < -0.3 is 4.57 Å². The van der Waals surface area contributed by atoms with E-state index < -0.39 is 28.5 Å². The number of carbonyl (C=O) groups excluding carboxylic acids is 1. The molecule has 1 atom stereocenters. The smallest absolute Gasteiger partial charge is 0.266 e. The summed E-state index contributed by atoms with van der Waals surface area (Å²) >= 11 is 6.83. The Bertz CT molecular complexity index is 1190. The van der Waals surface area contributed by atoms with Crippen LogP contribution in [0.25, 0.3) is 10.9 Å². The van der Waals surface area contributed by atoms with Crippen molar-refractivity contribution in [1.82, 2.24) is 14.6 Å². The quantitative estimate of drug-likeness (QED) is 0.358. The second kappa shape index (κ2) is 8.77. The number of ketones is 1. The number of hydrogen-bond acceptors (Lipinski definition) is 6. The zero-order chi connectivity index (χ0) is 23.3. The Kier molecular flexibility index (Phi) is 5.96. The minimum Gasteiger partial charge on any atom is -0.342 e. The van der Waals surface area contributed by atoms with Crippen molar-refractivity contribution >= 4 is 28.3 Å². The molecular formula is C23H26ClFN4O4. The van der Waals surface area contributed by atoms with Crippen molar-refractivity contribution in [2.45, 2.75) is 50.5 Å². The van der Waals surface area contributed by atoms with Crippen LogP contribution in [0.15, 0.2) is 17.1 Å². The van der Waals surface area contributed by atoms with Gasteiger partial charge in [0.15, 0.2) is 0 Å². The summed E-state index contributed by atoms with van der Waals surface area (Å²) in [7, 11) is 0. The van der Waals surface area contributed by atoms with Gasteiger partial charge in [-0.1, -0.05) is 11.6 Å². The number of hydrogen-bond donors (Lipinski definition) is 0. The van der Waals surface area contributed by atoms with Crippen LogP contribution in [0.2, 0.25) is 5.02 Å². The van der Waals surface area contributed by atoms with E-state index in [1.54, 1.807) is 4.57 Å². The highest BCUT2D eigenvalue weighted by molar-refractivity contribution is 6.36. The van der Waals surface area contributed by atoms with Gasteiger partial charge in [0.05, 0.1) is 21.5 Å². The molecule has 8 nitrogen and oxygen atoms in total.